The molecule has 2 atom stereocenters. The van der Waals surface area contributed by atoms with Gasteiger partial charge in [0.05, 0.1) is 31.3 Å². The van der Waals surface area contributed by atoms with E-state index in [1.165, 1.54) is 7.11 Å². The molecule has 29 heavy (non-hydrogen) atoms. The largest absolute Gasteiger partial charge is 0.490 e. The molecule has 1 saturated carbocycles. The van der Waals surface area contributed by atoms with Crippen LogP contribution in [-0.4, -0.2) is 45.5 Å². The molecule has 0 aromatic heterocycles. The van der Waals surface area contributed by atoms with Gasteiger partial charge in [-0.3, -0.25) is 4.79 Å². The number of esters is 1. The van der Waals surface area contributed by atoms with Crippen LogP contribution in [0, 0.1) is 5.92 Å². The van der Waals surface area contributed by atoms with Gasteiger partial charge in [0.15, 0.2) is 0 Å². The molecule has 1 aliphatic heterocycles. The van der Waals surface area contributed by atoms with Crippen molar-refractivity contribution < 1.29 is 32.2 Å². The standard InChI is InChI=1S/C21H28F3NO4/c1-27-12-16-9-14(11-25-16)18-8-5-15(21(22,23)24)10-19(18)29-17-6-3-13(4-7-17)20(26)28-2/h5,8,10,13-14,16-17,25H,3-4,6-7,9,11-12H2,1-2H3/t13-,14-,16+,17-/m1/s1. The van der Waals surface area contributed by atoms with Crippen molar-refractivity contribution in [1.82, 2.24) is 5.32 Å². The number of hydrogen-bond donors (Lipinski definition) is 1. The number of ether oxygens (including phenoxy) is 3. The SMILES string of the molecule is COC[C@@H]1C[C@@H](c2ccc(C(F)(F)F)cc2O[C@H]2CC[C@H](C(=O)OC)CC2)CN1. The summed E-state index contributed by atoms with van der Waals surface area (Å²) in [5, 5.41) is 3.35. The first-order valence-electron chi connectivity index (χ1n) is 9.99. The van der Waals surface area contributed by atoms with Crippen molar-refractivity contribution in [2.75, 3.05) is 27.4 Å². The van der Waals surface area contributed by atoms with Crippen LogP contribution in [0.3, 0.4) is 0 Å². The van der Waals surface area contributed by atoms with Crippen LogP contribution in [0.2, 0.25) is 0 Å². The molecule has 1 aliphatic carbocycles. The number of carbonyl (C=O) groups excluding carboxylic acids is 1. The first kappa shape index (κ1) is 21.9. The molecule has 2 fully saturated rings. The maximum absolute atomic E-state index is 13.3. The lowest BCUT2D eigenvalue weighted by Crippen LogP contribution is -2.29. The molecule has 1 N–H and O–H groups in total. The number of benzene rings is 1. The van der Waals surface area contributed by atoms with Gasteiger partial charge < -0.3 is 19.5 Å². The lowest BCUT2D eigenvalue weighted by Gasteiger charge is -2.29. The van der Waals surface area contributed by atoms with Crippen LogP contribution in [0.25, 0.3) is 0 Å². The number of methoxy groups -OCH3 is 2. The van der Waals surface area contributed by atoms with Crippen LogP contribution >= 0.6 is 0 Å². The van der Waals surface area contributed by atoms with Crippen LogP contribution in [0.4, 0.5) is 13.2 Å². The molecule has 162 valence electrons. The second-order valence-corrected chi connectivity index (χ2v) is 7.86. The van der Waals surface area contributed by atoms with Crippen molar-refractivity contribution in [3.8, 4) is 5.75 Å². The molecule has 1 aromatic carbocycles. The highest BCUT2D eigenvalue weighted by molar-refractivity contribution is 5.72. The van der Waals surface area contributed by atoms with E-state index in [4.69, 9.17) is 14.2 Å². The number of nitrogens with one attached hydrogen (secondary N) is 1. The van der Waals surface area contributed by atoms with E-state index in [2.05, 4.69) is 5.32 Å². The fraction of sp³-hybridized carbons (Fsp3) is 0.667. The molecule has 2 aliphatic rings. The molecule has 1 saturated heterocycles. The van der Waals surface area contributed by atoms with Crippen LogP contribution in [0.15, 0.2) is 18.2 Å². The van der Waals surface area contributed by atoms with Crippen LogP contribution in [0.1, 0.15) is 49.1 Å². The van der Waals surface area contributed by atoms with Crippen molar-refractivity contribution in [3.05, 3.63) is 29.3 Å². The fourth-order valence-electron chi connectivity index (χ4n) is 4.30. The molecule has 0 amide bonds. The summed E-state index contributed by atoms with van der Waals surface area (Å²) in [6.45, 7) is 1.23. The van der Waals surface area contributed by atoms with Gasteiger partial charge in [0.2, 0.25) is 0 Å². The Kier molecular flexibility index (Phi) is 7.05. The highest BCUT2D eigenvalue weighted by Crippen LogP contribution is 2.39. The minimum absolute atomic E-state index is 0.0684. The molecule has 0 bridgehead atoms. The van der Waals surface area contributed by atoms with E-state index >= 15 is 0 Å². The van der Waals surface area contributed by atoms with Crippen LogP contribution in [-0.2, 0) is 20.4 Å². The zero-order valence-electron chi connectivity index (χ0n) is 16.8. The summed E-state index contributed by atoms with van der Waals surface area (Å²) in [6.07, 6.45) is -1.38. The minimum Gasteiger partial charge on any atom is -0.490 e. The third kappa shape index (κ3) is 5.42. The average Bonchev–Trinajstić information content (AvgIpc) is 3.16. The van der Waals surface area contributed by atoms with Crippen molar-refractivity contribution in [1.29, 1.82) is 0 Å². The second kappa shape index (κ2) is 9.34. The Morgan fingerprint density at radius 3 is 2.52 bits per heavy atom. The summed E-state index contributed by atoms with van der Waals surface area (Å²) >= 11 is 0. The lowest BCUT2D eigenvalue weighted by atomic mass is 9.87. The number of halogens is 3. The molecular formula is C21H28F3NO4. The van der Waals surface area contributed by atoms with Crippen molar-refractivity contribution in [2.45, 2.75) is 56.3 Å². The monoisotopic (exact) mass is 415 g/mol. The molecule has 8 heteroatoms. The maximum atomic E-state index is 13.3. The Hall–Kier alpha value is -1.80. The molecular weight excluding hydrogens is 387 g/mol. The predicted molar refractivity (Wildman–Crippen MR) is 101 cm³/mol. The average molecular weight is 415 g/mol. The fourth-order valence-corrected chi connectivity index (χ4v) is 4.30. The first-order valence-corrected chi connectivity index (χ1v) is 9.99. The summed E-state index contributed by atoms with van der Waals surface area (Å²) in [5.74, 6) is -0.0239. The molecule has 0 radical (unpaired) electrons. The third-order valence-corrected chi connectivity index (χ3v) is 5.87. The van der Waals surface area contributed by atoms with Crippen LogP contribution < -0.4 is 10.1 Å². The van der Waals surface area contributed by atoms with Gasteiger partial charge in [-0.15, -0.1) is 0 Å². The van der Waals surface area contributed by atoms with E-state index in [9.17, 15) is 18.0 Å². The van der Waals surface area contributed by atoms with Gasteiger partial charge in [-0.25, -0.2) is 0 Å². The van der Waals surface area contributed by atoms with Crippen molar-refractivity contribution >= 4 is 5.97 Å². The maximum Gasteiger partial charge on any atom is 0.416 e. The minimum atomic E-state index is -4.42. The Balaban J connectivity index is 1.75. The molecule has 0 spiro atoms. The van der Waals surface area contributed by atoms with E-state index in [0.29, 0.717) is 44.6 Å². The van der Waals surface area contributed by atoms with Crippen molar-refractivity contribution in [3.63, 3.8) is 0 Å². The lowest BCUT2D eigenvalue weighted by molar-refractivity contribution is -0.147. The zero-order valence-corrected chi connectivity index (χ0v) is 16.8. The zero-order chi connectivity index (χ0) is 21.0. The van der Waals surface area contributed by atoms with Gasteiger partial charge in [0.1, 0.15) is 5.75 Å². The number of alkyl halides is 3. The molecule has 3 rings (SSSR count). The van der Waals surface area contributed by atoms with Gasteiger partial charge in [-0.2, -0.15) is 13.2 Å². The normalized spacial score (nSPS) is 27.6. The van der Waals surface area contributed by atoms with E-state index in [1.54, 1.807) is 13.2 Å². The molecule has 0 unspecified atom stereocenters. The van der Waals surface area contributed by atoms with Gasteiger partial charge >= 0.3 is 12.1 Å². The summed E-state index contributed by atoms with van der Waals surface area (Å²) in [5.41, 5.74) is 0.0816. The number of hydrogen-bond acceptors (Lipinski definition) is 5. The third-order valence-electron chi connectivity index (χ3n) is 5.87. The Labute approximate surface area is 168 Å². The highest BCUT2D eigenvalue weighted by atomic mass is 19.4. The molecule has 1 aromatic rings. The summed E-state index contributed by atoms with van der Waals surface area (Å²) in [4.78, 5) is 11.7. The molecule has 5 nitrogen and oxygen atoms in total. The quantitative estimate of drug-likeness (QED) is 0.714. The Morgan fingerprint density at radius 2 is 1.90 bits per heavy atom. The second-order valence-electron chi connectivity index (χ2n) is 7.86. The number of carbonyl (C=O) groups is 1. The Morgan fingerprint density at radius 1 is 1.17 bits per heavy atom. The van der Waals surface area contributed by atoms with Crippen molar-refractivity contribution in [2.24, 2.45) is 5.92 Å². The predicted octanol–water partition coefficient (Wildman–Crippen LogP) is 3.91. The van der Waals surface area contributed by atoms with E-state index < -0.39 is 11.7 Å². The highest BCUT2D eigenvalue weighted by Gasteiger charge is 2.35. The number of rotatable bonds is 6. The van der Waals surface area contributed by atoms with Gasteiger partial charge in [0, 0.05) is 25.6 Å². The molecule has 1 heterocycles. The summed E-state index contributed by atoms with van der Waals surface area (Å²) in [6, 6.07) is 3.96. The van der Waals surface area contributed by atoms with Gasteiger partial charge in [0.25, 0.3) is 0 Å². The van der Waals surface area contributed by atoms with Gasteiger partial charge in [-0.1, -0.05) is 6.07 Å². The van der Waals surface area contributed by atoms with Crippen LogP contribution in [0.5, 0.6) is 5.75 Å². The topological polar surface area (TPSA) is 56.8 Å². The van der Waals surface area contributed by atoms with Gasteiger partial charge in [-0.05, 0) is 49.8 Å². The summed E-state index contributed by atoms with van der Waals surface area (Å²) in [7, 11) is 3.00. The van der Waals surface area contributed by atoms with E-state index in [0.717, 1.165) is 24.1 Å². The van der Waals surface area contributed by atoms with E-state index in [1.807, 2.05) is 0 Å². The van der Waals surface area contributed by atoms with E-state index in [-0.39, 0.29) is 30.0 Å². The Bertz CT molecular complexity index is 702. The summed E-state index contributed by atoms with van der Waals surface area (Å²) < 4.78 is 55.8. The smallest absolute Gasteiger partial charge is 0.416 e. The first-order chi connectivity index (χ1) is 13.8.